The van der Waals surface area contributed by atoms with Crippen molar-refractivity contribution >= 4 is 21.7 Å². The Labute approximate surface area is 177 Å². The number of sulfonamides is 1. The van der Waals surface area contributed by atoms with Gasteiger partial charge in [-0.1, -0.05) is 0 Å². The molecule has 1 aromatic heterocycles. The Hall–Kier alpha value is -2.30. The number of benzene rings is 1. The Morgan fingerprint density at radius 3 is 1.87 bits per heavy atom. The van der Waals surface area contributed by atoms with E-state index >= 15 is 0 Å². The van der Waals surface area contributed by atoms with Crippen LogP contribution in [0, 0.1) is 12.7 Å². The van der Waals surface area contributed by atoms with E-state index in [9.17, 15) is 12.8 Å². The van der Waals surface area contributed by atoms with Gasteiger partial charge in [0.1, 0.15) is 23.3 Å². The first-order valence-corrected chi connectivity index (χ1v) is 11.6. The summed E-state index contributed by atoms with van der Waals surface area (Å²) in [5, 5.41) is 0. The number of piperazine rings is 2. The van der Waals surface area contributed by atoms with E-state index in [1.807, 2.05) is 13.0 Å². The molecule has 2 aliphatic rings. The van der Waals surface area contributed by atoms with Crippen LogP contribution in [0.4, 0.5) is 16.0 Å². The maximum Gasteiger partial charge on any atom is 0.243 e. The van der Waals surface area contributed by atoms with Crippen molar-refractivity contribution in [2.75, 3.05) is 69.2 Å². The fraction of sp³-hybridized carbons (Fsp3) is 0.500. The predicted molar refractivity (Wildman–Crippen MR) is 114 cm³/mol. The molecule has 0 atom stereocenters. The number of hydrogen-bond donors (Lipinski definition) is 0. The molecule has 0 bridgehead atoms. The van der Waals surface area contributed by atoms with E-state index in [0.717, 1.165) is 37.8 Å². The maximum atomic E-state index is 13.1. The Morgan fingerprint density at radius 1 is 0.833 bits per heavy atom. The van der Waals surface area contributed by atoms with E-state index < -0.39 is 15.8 Å². The highest BCUT2D eigenvalue weighted by atomic mass is 32.2. The monoisotopic (exact) mass is 434 g/mol. The van der Waals surface area contributed by atoms with Gasteiger partial charge in [0.2, 0.25) is 10.0 Å². The molecule has 0 aliphatic carbocycles. The molecule has 4 rings (SSSR count). The van der Waals surface area contributed by atoms with Crippen LogP contribution in [0.15, 0.2) is 35.2 Å². The smallest absolute Gasteiger partial charge is 0.243 e. The largest absolute Gasteiger partial charge is 0.354 e. The van der Waals surface area contributed by atoms with Gasteiger partial charge in [-0.25, -0.2) is 22.8 Å². The number of aryl methyl sites for hydroxylation is 1. The third-order valence-electron chi connectivity index (χ3n) is 5.65. The van der Waals surface area contributed by atoms with Crippen LogP contribution in [0.2, 0.25) is 0 Å². The minimum atomic E-state index is -3.63. The van der Waals surface area contributed by atoms with Crippen molar-refractivity contribution in [1.29, 1.82) is 0 Å². The molecule has 30 heavy (non-hydrogen) atoms. The first kappa shape index (κ1) is 21.0. The SMILES string of the molecule is Cc1nc(N2CCN(C)CC2)cc(N2CCN(S(=O)(=O)c3ccc(F)cc3)CC2)n1. The van der Waals surface area contributed by atoms with E-state index in [-0.39, 0.29) is 4.90 Å². The number of halogens is 1. The molecule has 0 unspecified atom stereocenters. The van der Waals surface area contributed by atoms with Crippen LogP contribution in [-0.2, 0) is 10.0 Å². The van der Waals surface area contributed by atoms with Crippen molar-refractivity contribution in [3.63, 3.8) is 0 Å². The molecule has 1 aromatic carbocycles. The highest BCUT2D eigenvalue weighted by Crippen LogP contribution is 2.23. The molecule has 162 valence electrons. The lowest BCUT2D eigenvalue weighted by Crippen LogP contribution is -2.49. The molecule has 0 amide bonds. The highest BCUT2D eigenvalue weighted by Gasteiger charge is 2.29. The van der Waals surface area contributed by atoms with Crippen molar-refractivity contribution < 1.29 is 12.8 Å². The summed E-state index contributed by atoms with van der Waals surface area (Å²) in [5.41, 5.74) is 0. The molecule has 2 aromatic rings. The van der Waals surface area contributed by atoms with Crippen LogP contribution < -0.4 is 9.80 Å². The summed E-state index contributed by atoms with van der Waals surface area (Å²) in [6.07, 6.45) is 0. The number of nitrogens with zero attached hydrogens (tertiary/aromatic N) is 6. The first-order chi connectivity index (χ1) is 14.3. The van der Waals surface area contributed by atoms with Crippen LogP contribution in [0.1, 0.15) is 5.82 Å². The van der Waals surface area contributed by atoms with Gasteiger partial charge in [-0.2, -0.15) is 4.31 Å². The molecule has 0 N–H and O–H groups in total. The molecular weight excluding hydrogens is 407 g/mol. The molecule has 2 saturated heterocycles. The Kier molecular flexibility index (Phi) is 5.90. The molecule has 8 nitrogen and oxygen atoms in total. The van der Waals surface area contributed by atoms with Crippen molar-refractivity contribution in [3.05, 3.63) is 42.0 Å². The van der Waals surface area contributed by atoms with Gasteiger partial charge >= 0.3 is 0 Å². The molecule has 0 saturated carbocycles. The van der Waals surface area contributed by atoms with Gasteiger partial charge in [0.15, 0.2) is 0 Å². The summed E-state index contributed by atoms with van der Waals surface area (Å²) < 4.78 is 40.3. The lowest BCUT2D eigenvalue weighted by Gasteiger charge is -2.36. The summed E-state index contributed by atoms with van der Waals surface area (Å²) in [6.45, 7) is 7.53. The zero-order chi connectivity index (χ0) is 21.3. The van der Waals surface area contributed by atoms with Crippen LogP contribution in [0.5, 0.6) is 0 Å². The van der Waals surface area contributed by atoms with Crippen LogP contribution >= 0.6 is 0 Å². The quantitative estimate of drug-likeness (QED) is 0.716. The number of aromatic nitrogens is 2. The lowest BCUT2D eigenvalue weighted by atomic mass is 10.3. The Balaban J connectivity index is 1.46. The van der Waals surface area contributed by atoms with Crippen LogP contribution in [0.25, 0.3) is 0 Å². The standard InChI is InChI=1S/C20H27FN6O2S/c1-16-22-19(25-9-7-24(2)8-10-25)15-20(23-16)26-11-13-27(14-12-26)30(28,29)18-5-3-17(21)4-6-18/h3-6,15H,7-14H2,1-2H3. The normalized spacial score (nSPS) is 19.3. The molecule has 2 fully saturated rings. The molecular formula is C20H27FN6O2S. The van der Waals surface area contributed by atoms with Gasteiger partial charge in [-0.3, -0.25) is 0 Å². The predicted octanol–water partition coefficient (Wildman–Crippen LogP) is 1.19. The highest BCUT2D eigenvalue weighted by molar-refractivity contribution is 7.89. The van der Waals surface area contributed by atoms with Crippen molar-refractivity contribution in [2.45, 2.75) is 11.8 Å². The zero-order valence-corrected chi connectivity index (χ0v) is 18.1. The lowest BCUT2D eigenvalue weighted by molar-refractivity contribution is 0.312. The van der Waals surface area contributed by atoms with Gasteiger partial charge in [0.25, 0.3) is 0 Å². The van der Waals surface area contributed by atoms with Gasteiger partial charge in [-0.15, -0.1) is 0 Å². The summed E-state index contributed by atoms with van der Waals surface area (Å²) in [7, 11) is -1.51. The molecule has 0 radical (unpaired) electrons. The summed E-state index contributed by atoms with van der Waals surface area (Å²) in [5.74, 6) is 2.01. The average Bonchev–Trinajstić information content (AvgIpc) is 2.74. The average molecular weight is 435 g/mol. The minimum absolute atomic E-state index is 0.118. The second-order valence-electron chi connectivity index (χ2n) is 7.77. The summed E-state index contributed by atoms with van der Waals surface area (Å²) in [4.78, 5) is 16.0. The van der Waals surface area contributed by atoms with E-state index in [0.29, 0.717) is 32.0 Å². The Morgan fingerprint density at radius 2 is 1.33 bits per heavy atom. The van der Waals surface area contributed by atoms with E-state index in [2.05, 4.69) is 31.7 Å². The minimum Gasteiger partial charge on any atom is -0.354 e. The molecule has 2 aliphatic heterocycles. The van der Waals surface area contributed by atoms with Crippen molar-refractivity contribution in [1.82, 2.24) is 19.2 Å². The third kappa shape index (κ3) is 4.40. The molecule has 0 spiro atoms. The molecule has 3 heterocycles. The second-order valence-corrected chi connectivity index (χ2v) is 9.70. The Bertz CT molecular complexity index is 985. The fourth-order valence-corrected chi connectivity index (χ4v) is 5.23. The van der Waals surface area contributed by atoms with Crippen LogP contribution in [-0.4, -0.2) is 87.0 Å². The number of likely N-dealkylation sites (N-methyl/N-ethyl adjacent to an activating group) is 1. The van der Waals surface area contributed by atoms with Crippen molar-refractivity contribution in [2.24, 2.45) is 0 Å². The number of hydrogen-bond acceptors (Lipinski definition) is 7. The van der Waals surface area contributed by atoms with Crippen molar-refractivity contribution in [3.8, 4) is 0 Å². The first-order valence-electron chi connectivity index (χ1n) is 10.1. The van der Waals surface area contributed by atoms with Gasteiger partial charge in [0.05, 0.1) is 4.90 Å². The van der Waals surface area contributed by atoms with Crippen LogP contribution in [0.3, 0.4) is 0 Å². The topological polar surface area (TPSA) is 72.9 Å². The maximum absolute atomic E-state index is 13.1. The van der Waals surface area contributed by atoms with E-state index in [4.69, 9.17) is 0 Å². The second kappa shape index (κ2) is 8.44. The fourth-order valence-electron chi connectivity index (χ4n) is 3.81. The third-order valence-corrected chi connectivity index (χ3v) is 7.57. The summed E-state index contributed by atoms with van der Waals surface area (Å²) >= 11 is 0. The van der Waals surface area contributed by atoms with E-state index in [1.165, 1.54) is 28.6 Å². The van der Waals surface area contributed by atoms with E-state index in [1.54, 1.807) is 0 Å². The van der Waals surface area contributed by atoms with Gasteiger partial charge in [0, 0.05) is 58.4 Å². The zero-order valence-electron chi connectivity index (χ0n) is 17.3. The summed E-state index contributed by atoms with van der Waals surface area (Å²) in [6, 6.07) is 6.97. The van der Waals surface area contributed by atoms with Gasteiger partial charge in [-0.05, 0) is 38.2 Å². The van der Waals surface area contributed by atoms with Gasteiger partial charge < -0.3 is 14.7 Å². The number of anilines is 2. The molecule has 10 heteroatoms. The number of rotatable bonds is 4.